The third-order valence-corrected chi connectivity index (χ3v) is 2.35. The summed E-state index contributed by atoms with van der Waals surface area (Å²) < 4.78 is 0. The van der Waals surface area contributed by atoms with Gasteiger partial charge in [-0.05, 0) is 11.6 Å². The smallest absolute Gasteiger partial charge is 0.166 e. The van der Waals surface area contributed by atoms with Crippen LogP contribution in [0.3, 0.4) is 0 Å². The summed E-state index contributed by atoms with van der Waals surface area (Å²) in [4.78, 5) is 23.3. The minimum Gasteiger partial charge on any atom is -0.294 e. The van der Waals surface area contributed by atoms with E-state index in [1.165, 1.54) is 0 Å². The molecule has 0 bridgehead atoms. The summed E-state index contributed by atoms with van der Waals surface area (Å²) in [6, 6.07) is 9.44. The zero-order valence-corrected chi connectivity index (χ0v) is 9.69. The van der Waals surface area contributed by atoms with Crippen LogP contribution in [0.2, 0.25) is 0 Å². The second kappa shape index (κ2) is 6.01. The molecule has 0 aromatic heterocycles. The molecule has 0 fully saturated rings. The first-order chi connectivity index (χ1) is 7.69. The molecule has 0 saturated heterocycles. The molecule has 0 atom stereocenters. The monoisotopic (exact) mass is 216 g/mol. The minimum atomic E-state index is -0.0873. The molecule has 2 heteroatoms. The molecule has 0 amide bonds. The van der Waals surface area contributed by atoms with E-state index in [1.807, 2.05) is 30.3 Å². The fraction of sp³-hybridized carbons (Fsp3) is 0.286. The number of benzene rings is 1. The molecule has 2 nitrogen and oxygen atoms in total. The topological polar surface area (TPSA) is 34.1 Å². The van der Waals surface area contributed by atoms with Crippen molar-refractivity contribution >= 4 is 17.6 Å². The van der Waals surface area contributed by atoms with Gasteiger partial charge in [-0.25, -0.2) is 0 Å². The highest BCUT2D eigenvalue weighted by Crippen LogP contribution is 2.11. The van der Waals surface area contributed by atoms with E-state index in [1.54, 1.807) is 19.9 Å². The maximum Gasteiger partial charge on any atom is 0.166 e. The lowest BCUT2D eigenvalue weighted by Crippen LogP contribution is -2.10. The van der Waals surface area contributed by atoms with Crippen LogP contribution in [0, 0.1) is 0 Å². The Balaban J connectivity index is 3.06. The summed E-state index contributed by atoms with van der Waals surface area (Å²) in [5.41, 5.74) is 1.21. The van der Waals surface area contributed by atoms with Crippen molar-refractivity contribution in [2.45, 2.75) is 26.7 Å². The number of rotatable bonds is 5. The zero-order chi connectivity index (χ0) is 12.0. The Morgan fingerprint density at radius 2 is 1.50 bits per heavy atom. The average molecular weight is 216 g/mol. The van der Waals surface area contributed by atoms with E-state index in [9.17, 15) is 9.59 Å². The average Bonchev–Trinajstić information content (AvgIpc) is 2.35. The molecule has 1 aromatic carbocycles. The first-order valence-electron chi connectivity index (χ1n) is 5.52. The number of Topliss-reactive ketones (excluding diaryl/α,β-unsaturated/α-hetero) is 2. The largest absolute Gasteiger partial charge is 0.294 e. The zero-order valence-electron chi connectivity index (χ0n) is 9.69. The molecule has 0 aliphatic rings. The molecule has 0 saturated carbocycles. The Morgan fingerprint density at radius 1 is 1.00 bits per heavy atom. The van der Waals surface area contributed by atoms with Crippen molar-refractivity contribution in [3.05, 3.63) is 41.5 Å². The van der Waals surface area contributed by atoms with Crippen LogP contribution in [0.4, 0.5) is 0 Å². The molecular weight excluding hydrogens is 200 g/mol. The van der Waals surface area contributed by atoms with Gasteiger partial charge in [-0.1, -0.05) is 44.2 Å². The fourth-order valence-corrected chi connectivity index (χ4v) is 1.41. The quantitative estimate of drug-likeness (QED) is 0.430. The van der Waals surface area contributed by atoms with Crippen molar-refractivity contribution in [3.8, 4) is 0 Å². The summed E-state index contributed by atoms with van der Waals surface area (Å²) in [6.45, 7) is 3.54. The van der Waals surface area contributed by atoms with Gasteiger partial charge in [-0.15, -0.1) is 0 Å². The summed E-state index contributed by atoms with van der Waals surface area (Å²) in [6.07, 6.45) is 2.41. The molecule has 0 aliphatic carbocycles. The van der Waals surface area contributed by atoms with Crippen LogP contribution in [0.15, 0.2) is 35.9 Å². The lowest BCUT2D eigenvalue weighted by molar-refractivity contribution is -0.121. The number of carbonyl (C=O) groups is 2. The van der Waals surface area contributed by atoms with Gasteiger partial charge >= 0.3 is 0 Å². The second-order valence-corrected chi connectivity index (χ2v) is 3.52. The van der Waals surface area contributed by atoms with E-state index in [2.05, 4.69) is 0 Å². The number of hydrogen-bond donors (Lipinski definition) is 0. The van der Waals surface area contributed by atoms with Gasteiger partial charge in [0.15, 0.2) is 11.6 Å². The maximum absolute atomic E-state index is 11.6. The SMILES string of the molecule is CCC(=O)C(=Cc1ccccc1)C(=O)CC. The molecule has 16 heavy (non-hydrogen) atoms. The molecule has 0 aliphatic heterocycles. The van der Waals surface area contributed by atoms with Crippen molar-refractivity contribution in [2.24, 2.45) is 0 Å². The van der Waals surface area contributed by atoms with Crippen molar-refractivity contribution in [1.82, 2.24) is 0 Å². The van der Waals surface area contributed by atoms with E-state index < -0.39 is 0 Å². The predicted molar refractivity (Wildman–Crippen MR) is 65.0 cm³/mol. The van der Waals surface area contributed by atoms with Gasteiger partial charge in [-0.3, -0.25) is 9.59 Å². The van der Waals surface area contributed by atoms with E-state index in [0.29, 0.717) is 18.4 Å². The standard InChI is InChI=1S/C14H16O2/c1-3-13(15)12(14(16)4-2)10-11-8-6-5-7-9-11/h5-10H,3-4H2,1-2H3. The molecule has 0 radical (unpaired) electrons. The predicted octanol–water partition coefficient (Wildman–Crippen LogP) is 3.03. The normalized spacial score (nSPS) is 9.62. The van der Waals surface area contributed by atoms with Gasteiger partial charge in [0.2, 0.25) is 0 Å². The van der Waals surface area contributed by atoms with Crippen LogP contribution in [-0.2, 0) is 9.59 Å². The number of hydrogen-bond acceptors (Lipinski definition) is 2. The summed E-state index contributed by atoms with van der Waals surface area (Å²) in [7, 11) is 0. The van der Waals surface area contributed by atoms with Gasteiger partial charge in [0, 0.05) is 12.8 Å². The lowest BCUT2D eigenvalue weighted by atomic mass is 10.00. The van der Waals surface area contributed by atoms with E-state index >= 15 is 0 Å². The van der Waals surface area contributed by atoms with Crippen LogP contribution in [0.25, 0.3) is 6.08 Å². The Kier molecular flexibility index (Phi) is 4.65. The fourth-order valence-electron chi connectivity index (χ4n) is 1.41. The molecule has 1 aromatic rings. The third-order valence-electron chi connectivity index (χ3n) is 2.35. The van der Waals surface area contributed by atoms with Gasteiger partial charge in [0.25, 0.3) is 0 Å². The van der Waals surface area contributed by atoms with Gasteiger partial charge in [0.05, 0.1) is 5.57 Å². The van der Waals surface area contributed by atoms with E-state index in [-0.39, 0.29) is 11.6 Å². The number of ketones is 2. The van der Waals surface area contributed by atoms with E-state index in [4.69, 9.17) is 0 Å². The number of allylic oxidation sites excluding steroid dienone is 1. The molecule has 0 unspecified atom stereocenters. The Morgan fingerprint density at radius 3 is 1.94 bits per heavy atom. The molecule has 0 spiro atoms. The Bertz CT molecular complexity index is 384. The number of carbonyl (C=O) groups excluding carboxylic acids is 2. The van der Waals surface area contributed by atoms with Gasteiger partial charge in [0.1, 0.15) is 0 Å². The highest BCUT2D eigenvalue weighted by molar-refractivity contribution is 6.23. The van der Waals surface area contributed by atoms with Gasteiger partial charge in [-0.2, -0.15) is 0 Å². The van der Waals surface area contributed by atoms with Crippen LogP contribution in [-0.4, -0.2) is 11.6 Å². The van der Waals surface area contributed by atoms with Crippen molar-refractivity contribution < 1.29 is 9.59 Å². The highest BCUT2D eigenvalue weighted by atomic mass is 16.1. The second-order valence-electron chi connectivity index (χ2n) is 3.52. The first kappa shape index (κ1) is 12.4. The lowest BCUT2D eigenvalue weighted by Gasteiger charge is -2.02. The van der Waals surface area contributed by atoms with Crippen LogP contribution < -0.4 is 0 Å². The molecule has 84 valence electrons. The minimum absolute atomic E-state index is 0.0873. The van der Waals surface area contributed by atoms with Crippen LogP contribution in [0.1, 0.15) is 32.3 Å². The third kappa shape index (κ3) is 3.16. The van der Waals surface area contributed by atoms with Crippen molar-refractivity contribution in [3.63, 3.8) is 0 Å². The maximum atomic E-state index is 11.6. The molecule has 1 rings (SSSR count). The van der Waals surface area contributed by atoms with Crippen LogP contribution >= 0.6 is 0 Å². The van der Waals surface area contributed by atoms with E-state index in [0.717, 1.165) is 5.56 Å². The Labute approximate surface area is 96.0 Å². The summed E-state index contributed by atoms with van der Waals surface area (Å²) in [5.74, 6) is -0.175. The summed E-state index contributed by atoms with van der Waals surface area (Å²) in [5, 5.41) is 0. The summed E-state index contributed by atoms with van der Waals surface area (Å²) >= 11 is 0. The Hall–Kier alpha value is -1.70. The molecule has 0 N–H and O–H groups in total. The van der Waals surface area contributed by atoms with Crippen LogP contribution in [0.5, 0.6) is 0 Å². The van der Waals surface area contributed by atoms with Crippen molar-refractivity contribution in [2.75, 3.05) is 0 Å². The highest BCUT2D eigenvalue weighted by Gasteiger charge is 2.14. The van der Waals surface area contributed by atoms with Gasteiger partial charge < -0.3 is 0 Å². The molecular formula is C14H16O2. The molecule has 0 heterocycles. The van der Waals surface area contributed by atoms with Crippen molar-refractivity contribution in [1.29, 1.82) is 0 Å². The first-order valence-corrected chi connectivity index (χ1v) is 5.52.